The van der Waals surface area contributed by atoms with Crippen molar-refractivity contribution in [1.29, 1.82) is 0 Å². The highest BCUT2D eigenvalue weighted by atomic mass is 16.5. The van der Waals surface area contributed by atoms with Gasteiger partial charge in [0.1, 0.15) is 16.9 Å². The summed E-state index contributed by atoms with van der Waals surface area (Å²) in [7, 11) is 5.90. The van der Waals surface area contributed by atoms with Gasteiger partial charge in [0.25, 0.3) is 11.5 Å². The van der Waals surface area contributed by atoms with Crippen molar-refractivity contribution in [3.8, 4) is 11.5 Å². The standard InChI is InChI=1S/C20H22N4O5/c1-6-11-10-21-17-15(19(26)24(3)20(27)23(17)2)16(11)22-18(25)12-7-13(28-4)9-14(8-12)29-5/h7-10H,6H2,1-5H3,(H,21,22,25). The van der Waals surface area contributed by atoms with Crippen LogP contribution in [0, 0.1) is 0 Å². The first-order valence-electron chi connectivity index (χ1n) is 8.94. The normalized spacial score (nSPS) is 10.8. The fourth-order valence-electron chi connectivity index (χ4n) is 3.10. The lowest BCUT2D eigenvalue weighted by atomic mass is 10.1. The van der Waals surface area contributed by atoms with Crippen molar-refractivity contribution < 1.29 is 14.3 Å². The molecule has 3 rings (SSSR count). The van der Waals surface area contributed by atoms with Gasteiger partial charge >= 0.3 is 5.69 Å². The molecule has 0 fully saturated rings. The van der Waals surface area contributed by atoms with Crippen LogP contribution in [0.3, 0.4) is 0 Å². The zero-order valence-electron chi connectivity index (χ0n) is 16.9. The number of anilines is 1. The minimum atomic E-state index is -0.524. The highest BCUT2D eigenvalue weighted by Gasteiger charge is 2.19. The zero-order valence-corrected chi connectivity index (χ0v) is 16.9. The summed E-state index contributed by atoms with van der Waals surface area (Å²) < 4.78 is 12.7. The molecule has 3 aromatic rings. The molecule has 9 heteroatoms. The number of methoxy groups -OCH3 is 2. The van der Waals surface area contributed by atoms with Gasteiger partial charge in [-0.15, -0.1) is 0 Å². The molecule has 2 aromatic heterocycles. The third-order valence-corrected chi connectivity index (χ3v) is 4.78. The summed E-state index contributed by atoms with van der Waals surface area (Å²) in [5, 5.41) is 3.00. The number of rotatable bonds is 5. The first-order valence-corrected chi connectivity index (χ1v) is 8.94. The molecular weight excluding hydrogens is 376 g/mol. The van der Waals surface area contributed by atoms with Gasteiger partial charge in [-0.3, -0.25) is 18.7 Å². The fraction of sp³-hybridized carbons (Fsp3) is 0.300. The molecule has 1 amide bonds. The first kappa shape index (κ1) is 20.1. The van der Waals surface area contributed by atoms with Gasteiger partial charge in [-0.25, -0.2) is 9.78 Å². The van der Waals surface area contributed by atoms with Gasteiger partial charge in [0.15, 0.2) is 5.65 Å². The summed E-state index contributed by atoms with van der Waals surface area (Å²) in [6.45, 7) is 1.89. The van der Waals surface area contributed by atoms with Crippen molar-refractivity contribution in [3.05, 3.63) is 56.4 Å². The number of aryl methyl sites for hydroxylation is 2. The maximum Gasteiger partial charge on any atom is 0.332 e. The summed E-state index contributed by atoms with van der Waals surface area (Å²) in [6.07, 6.45) is 2.09. The summed E-state index contributed by atoms with van der Waals surface area (Å²) in [5.41, 5.74) is 0.499. The molecule has 0 unspecified atom stereocenters. The number of ether oxygens (including phenoxy) is 2. The van der Waals surface area contributed by atoms with E-state index < -0.39 is 17.2 Å². The Morgan fingerprint density at radius 2 is 1.69 bits per heavy atom. The molecule has 152 valence electrons. The molecule has 1 aromatic carbocycles. The van der Waals surface area contributed by atoms with Crippen LogP contribution in [0.1, 0.15) is 22.8 Å². The van der Waals surface area contributed by atoms with Crippen LogP contribution in [0.15, 0.2) is 34.0 Å². The smallest absolute Gasteiger partial charge is 0.332 e. The van der Waals surface area contributed by atoms with E-state index in [4.69, 9.17) is 9.47 Å². The third kappa shape index (κ3) is 3.46. The van der Waals surface area contributed by atoms with E-state index in [9.17, 15) is 14.4 Å². The number of fused-ring (bicyclic) bond motifs is 1. The maximum absolute atomic E-state index is 13.0. The van der Waals surface area contributed by atoms with E-state index >= 15 is 0 Å². The highest BCUT2D eigenvalue weighted by molar-refractivity contribution is 6.09. The third-order valence-electron chi connectivity index (χ3n) is 4.78. The SMILES string of the molecule is CCc1cnc2c(c1NC(=O)c1cc(OC)cc(OC)c1)c(=O)n(C)c(=O)n2C. The average Bonchev–Trinajstić information content (AvgIpc) is 2.75. The number of hydrogen-bond donors (Lipinski definition) is 1. The molecule has 0 bridgehead atoms. The number of amides is 1. The minimum absolute atomic E-state index is 0.178. The van der Waals surface area contributed by atoms with E-state index in [-0.39, 0.29) is 11.0 Å². The zero-order chi connectivity index (χ0) is 21.3. The van der Waals surface area contributed by atoms with Crippen molar-refractivity contribution >= 4 is 22.6 Å². The van der Waals surface area contributed by atoms with E-state index in [0.717, 1.165) is 4.57 Å². The predicted molar refractivity (Wildman–Crippen MR) is 109 cm³/mol. The first-order chi connectivity index (χ1) is 13.8. The summed E-state index contributed by atoms with van der Waals surface area (Å²) in [5.74, 6) is 0.478. The Hall–Kier alpha value is -3.62. The Kier molecular flexibility index (Phi) is 5.40. The van der Waals surface area contributed by atoms with Crippen LogP contribution in [-0.2, 0) is 20.5 Å². The van der Waals surface area contributed by atoms with Crippen LogP contribution in [0.25, 0.3) is 11.0 Å². The lowest BCUT2D eigenvalue weighted by molar-refractivity contribution is 0.102. The molecule has 0 atom stereocenters. The molecule has 9 nitrogen and oxygen atoms in total. The lowest BCUT2D eigenvalue weighted by Gasteiger charge is -2.15. The average molecular weight is 398 g/mol. The Morgan fingerprint density at radius 1 is 1.07 bits per heavy atom. The number of aromatic nitrogens is 3. The fourth-order valence-corrected chi connectivity index (χ4v) is 3.10. The number of pyridine rings is 1. The molecule has 29 heavy (non-hydrogen) atoms. The number of nitrogens with one attached hydrogen (secondary N) is 1. The highest BCUT2D eigenvalue weighted by Crippen LogP contribution is 2.26. The molecule has 2 heterocycles. The number of nitrogens with zero attached hydrogens (tertiary/aromatic N) is 3. The molecule has 0 aliphatic carbocycles. The van der Waals surface area contributed by atoms with Gasteiger partial charge < -0.3 is 14.8 Å². The number of hydrogen-bond acceptors (Lipinski definition) is 6. The lowest BCUT2D eigenvalue weighted by Crippen LogP contribution is -2.38. The number of benzene rings is 1. The van der Waals surface area contributed by atoms with E-state index in [0.29, 0.717) is 34.7 Å². The largest absolute Gasteiger partial charge is 0.497 e. The Balaban J connectivity index is 2.21. The van der Waals surface area contributed by atoms with E-state index in [1.807, 2.05) is 6.92 Å². The summed E-state index contributed by atoms with van der Waals surface area (Å²) >= 11 is 0. The van der Waals surface area contributed by atoms with Crippen LogP contribution in [0.2, 0.25) is 0 Å². The van der Waals surface area contributed by atoms with Crippen molar-refractivity contribution in [3.63, 3.8) is 0 Å². The Morgan fingerprint density at radius 3 is 2.24 bits per heavy atom. The van der Waals surface area contributed by atoms with Crippen LogP contribution < -0.4 is 26.0 Å². The summed E-state index contributed by atoms with van der Waals surface area (Å²) in [6, 6.07) is 4.79. The van der Waals surface area contributed by atoms with Gasteiger partial charge in [0, 0.05) is 31.9 Å². The molecule has 0 aliphatic rings. The minimum Gasteiger partial charge on any atom is -0.497 e. The van der Waals surface area contributed by atoms with E-state index in [2.05, 4.69) is 10.3 Å². The van der Waals surface area contributed by atoms with Gasteiger partial charge in [-0.1, -0.05) is 6.92 Å². The van der Waals surface area contributed by atoms with E-state index in [1.54, 1.807) is 24.4 Å². The molecule has 0 radical (unpaired) electrons. The molecular formula is C20H22N4O5. The molecule has 0 spiro atoms. The van der Waals surface area contributed by atoms with Crippen molar-refractivity contribution in [2.24, 2.45) is 14.1 Å². The van der Waals surface area contributed by atoms with Crippen LogP contribution in [-0.4, -0.2) is 34.2 Å². The number of carbonyl (C=O) groups is 1. The van der Waals surface area contributed by atoms with Crippen molar-refractivity contribution in [2.45, 2.75) is 13.3 Å². The quantitative estimate of drug-likeness (QED) is 0.698. The summed E-state index contributed by atoms with van der Waals surface area (Å²) in [4.78, 5) is 42.3. The second-order valence-electron chi connectivity index (χ2n) is 6.47. The van der Waals surface area contributed by atoms with Crippen LogP contribution >= 0.6 is 0 Å². The van der Waals surface area contributed by atoms with Gasteiger partial charge in [-0.2, -0.15) is 0 Å². The second-order valence-corrected chi connectivity index (χ2v) is 6.47. The Bertz CT molecular complexity index is 1200. The molecule has 0 saturated carbocycles. The van der Waals surface area contributed by atoms with Crippen LogP contribution in [0.4, 0.5) is 5.69 Å². The van der Waals surface area contributed by atoms with Gasteiger partial charge in [0.05, 0.1) is 19.9 Å². The Labute approximate surface area is 166 Å². The monoisotopic (exact) mass is 398 g/mol. The maximum atomic E-state index is 13.0. The topological polar surface area (TPSA) is 104 Å². The van der Waals surface area contributed by atoms with Crippen molar-refractivity contribution in [1.82, 2.24) is 14.1 Å². The van der Waals surface area contributed by atoms with Gasteiger partial charge in [0.2, 0.25) is 0 Å². The second kappa shape index (κ2) is 7.78. The van der Waals surface area contributed by atoms with E-state index in [1.165, 1.54) is 32.9 Å². The number of carbonyl (C=O) groups excluding carboxylic acids is 1. The molecule has 0 saturated heterocycles. The van der Waals surface area contributed by atoms with Crippen LogP contribution in [0.5, 0.6) is 11.5 Å². The molecule has 1 N–H and O–H groups in total. The molecule has 0 aliphatic heterocycles. The predicted octanol–water partition coefficient (Wildman–Crippen LogP) is 1.46. The van der Waals surface area contributed by atoms with Gasteiger partial charge in [-0.05, 0) is 24.1 Å². The van der Waals surface area contributed by atoms with Crippen molar-refractivity contribution in [2.75, 3.05) is 19.5 Å².